The zero-order valence-electron chi connectivity index (χ0n) is 11.9. The maximum absolute atomic E-state index is 12.6. The van der Waals surface area contributed by atoms with Crippen LogP contribution in [0.1, 0.15) is 22.3 Å². The first-order valence-electron chi connectivity index (χ1n) is 7.12. The fourth-order valence-electron chi connectivity index (χ4n) is 2.80. The van der Waals surface area contributed by atoms with Crippen LogP contribution in [0.5, 0.6) is 5.75 Å². The van der Waals surface area contributed by atoms with Gasteiger partial charge in [0.2, 0.25) is 0 Å². The smallest absolute Gasteiger partial charge is 0.416 e. The first-order valence-corrected chi connectivity index (χ1v) is 7.12. The average Bonchev–Trinajstić information content (AvgIpc) is 2.48. The molecule has 1 heterocycles. The SMILES string of the molecule is Oc1cc(C(F)(F)F)ccc1CN1CCc2ccccc2C1. The minimum Gasteiger partial charge on any atom is -0.508 e. The molecule has 0 aromatic heterocycles. The van der Waals surface area contributed by atoms with Gasteiger partial charge in [-0.1, -0.05) is 30.3 Å². The lowest BCUT2D eigenvalue weighted by Crippen LogP contribution is -2.30. The molecule has 1 aliphatic heterocycles. The van der Waals surface area contributed by atoms with Crippen LogP contribution >= 0.6 is 0 Å². The van der Waals surface area contributed by atoms with Crippen molar-refractivity contribution in [2.45, 2.75) is 25.7 Å². The third-order valence-corrected chi connectivity index (χ3v) is 4.02. The van der Waals surface area contributed by atoms with Crippen molar-refractivity contribution < 1.29 is 18.3 Å². The summed E-state index contributed by atoms with van der Waals surface area (Å²) in [6.07, 6.45) is -3.52. The van der Waals surface area contributed by atoms with Crippen LogP contribution in [-0.2, 0) is 25.7 Å². The Morgan fingerprint density at radius 3 is 2.45 bits per heavy atom. The highest BCUT2D eigenvalue weighted by Gasteiger charge is 2.31. The summed E-state index contributed by atoms with van der Waals surface area (Å²) < 4.78 is 37.8. The fourth-order valence-corrected chi connectivity index (χ4v) is 2.80. The molecule has 3 rings (SSSR count). The van der Waals surface area contributed by atoms with Crippen molar-refractivity contribution in [3.63, 3.8) is 0 Å². The second-order valence-corrected chi connectivity index (χ2v) is 5.57. The normalized spacial score (nSPS) is 15.6. The zero-order valence-corrected chi connectivity index (χ0v) is 11.9. The van der Waals surface area contributed by atoms with Gasteiger partial charge >= 0.3 is 6.18 Å². The summed E-state index contributed by atoms with van der Waals surface area (Å²) in [5, 5.41) is 9.85. The molecule has 0 amide bonds. The predicted molar refractivity (Wildman–Crippen MR) is 77.4 cm³/mol. The van der Waals surface area contributed by atoms with Gasteiger partial charge < -0.3 is 5.11 Å². The number of phenols is 1. The standard InChI is InChI=1S/C17H16F3NO/c18-17(19,20)15-6-5-14(16(22)9-15)11-21-8-7-12-3-1-2-4-13(12)10-21/h1-6,9,22H,7-8,10-11H2. The van der Waals surface area contributed by atoms with E-state index in [1.165, 1.54) is 17.2 Å². The molecule has 0 aliphatic carbocycles. The molecular formula is C17H16F3NO. The molecule has 0 spiro atoms. The van der Waals surface area contributed by atoms with Crippen molar-refractivity contribution >= 4 is 0 Å². The molecule has 5 heteroatoms. The second-order valence-electron chi connectivity index (χ2n) is 5.57. The molecule has 0 saturated heterocycles. The summed E-state index contributed by atoms with van der Waals surface area (Å²) in [5.74, 6) is -0.298. The number of aromatic hydroxyl groups is 1. The van der Waals surface area contributed by atoms with Gasteiger partial charge in [-0.3, -0.25) is 4.90 Å². The van der Waals surface area contributed by atoms with E-state index in [1.54, 1.807) is 0 Å². The zero-order chi connectivity index (χ0) is 15.7. The van der Waals surface area contributed by atoms with Gasteiger partial charge in [-0.25, -0.2) is 0 Å². The molecule has 1 N–H and O–H groups in total. The Morgan fingerprint density at radius 1 is 1.05 bits per heavy atom. The molecule has 0 saturated carbocycles. The lowest BCUT2D eigenvalue weighted by molar-refractivity contribution is -0.137. The van der Waals surface area contributed by atoms with E-state index in [-0.39, 0.29) is 5.75 Å². The number of halogens is 3. The van der Waals surface area contributed by atoms with Crippen LogP contribution in [0.25, 0.3) is 0 Å². The quantitative estimate of drug-likeness (QED) is 0.907. The Balaban J connectivity index is 1.75. The van der Waals surface area contributed by atoms with Crippen LogP contribution < -0.4 is 0 Å². The largest absolute Gasteiger partial charge is 0.508 e. The van der Waals surface area contributed by atoms with Gasteiger partial charge in [0.1, 0.15) is 5.75 Å². The van der Waals surface area contributed by atoms with Gasteiger partial charge in [-0.2, -0.15) is 13.2 Å². The van der Waals surface area contributed by atoms with Gasteiger partial charge in [0, 0.05) is 25.2 Å². The number of benzene rings is 2. The summed E-state index contributed by atoms with van der Waals surface area (Å²) in [6, 6.07) is 11.3. The Hall–Kier alpha value is -2.01. The number of nitrogens with zero attached hydrogens (tertiary/aromatic N) is 1. The van der Waals surface area contributed by atoms with Crippen LogP contribution in [0, 0.1) is 0 Å². The van der Waals surface area contributed by atoms with Crippen molar-refractivity contribution in [3.05, 3.63) is 64.7 Å². The highest BCUT2D eigenvalue weighted by Crippen LogP contribution is 2.33. The molecule has 1 aliphatic rings. The molecule has 0 radical (unpaired) electrons. The number of rotatable bonds is 2. The highest BCUT2D eigenvalue weighted by molar-refractivity contribution is 5.38. The maximum atomic E-state index is 12.6. The molecule has 0 atom stereocenters. The summed E-state index contributed by atoms with van der Waals surface area (Å²) in [7, 11) is 0. The molecule has 0 bridgehead atoms. The van der Waals surface area contributed by atoms with Crippen LogP contribution in [0.3, 0.4) is 0 Å². The highest BCUT2D eigenvalue weighted by atomic mass is 19.4. The lowest BCUT2D eigenvalue weighted by atomic mass is 9.99. The van der Waals surface area contributed by atoms with Gasteiger partial charge in [-0.15, -0.1) is 0 Å². The van der Waals surface area contributed by atoms with Gasteiger partial charge in [0.05, 0.1) is 5.56 Å². The topological polar surface area (TPSA) is 23.5 Å². The average molecular weight is 307 g/mol. The van der Waals surface area contributed by atoms with E-state index >= 15 is 0 Å². The molecule has 116 valence electrons. The molecular weight excluding hydrogens is 291 g/mol. The Labute approximate surface area is 126 Å². The third kappa shape index (κ3) is 3.09. The number of fused-ring (bicyclic) bond motifs is 1. The van der Waals surface area contributed by atoms with Crippen molar-refractivity contribution in [3.8, 4) is 5.75 Å². The van der Waals surface area contributed by atoms with E-state index in [9.17, 15) is 18.3 Å². The lowest BCUT2D eigenvalue weighted by Gasteiger charge is -2.29. The third-order valence-electron chi connectivity index (χ3n) is 4.02. The van der Waals surface area contributed by atoms with Gasteiger partial charge in [0.15, 0.2) is 0 Å². The minimum atomic E-state index is -4.43. The molecule has 0 unspecified atom stereocenters. The van der Waals surface area contributed by atoms with Crippen molar-refractivity contribution in [1.82, 2.24) is 4.90 Å². The first kappa shape index (κ1) is 14.9. The molecule has 22 heavy (non-hydrogen) atoms. The minimum absolute atomic E-state index is 0.298. The summed E-state index contributed by atoms with van der Waals surface area (Å²) >= 11 is 0. The Kier molecular flexibility index (Phi) is 3.83. The molecule has 0 fully saturated rings. The van der Waals surface area contributed by atoms with Crippen LogP contribution in [0.15, 0.2) is 42.5 Å². The first-order chi connectivity index (χ1) is 10.4. The molecule has 2 aromatic rings. The number of hydrogen-bond donors (Lipinski definition) is 1. The summed E-state index contributed by atoms with van der Waals surface area (Å²) in [6.45, 7) is 2.02. The Bertz CT molecular complexity index is 682. The van der Waals surface area contributed by atoms with E-state index in [0.29, 0.717) is 12.1 Å². The monoisotopic (exact) mass is 307 g/mol. The van der Waals surface area contributed by atoms with E-state index in [1.807, 2.05) is 12.1 Å². The number of hydrogen-bond acceptors (Lipinski definition) is 2. The van der Waals surface area contributed by atoms with E-state index < -0.39 is 11.7 Å². The number of alkyl halides is 3. The maximum Gasteiger partial charge on any atom is 0.416 e. The van der Waals surface area contributed by atoms with Crippen LogP contribution in [-0.4, -0.2) is 16.6 Å². The van der Waals surface area contributed by atoms with Crippen molar-refractivity contribution in [1.29, 1.82) is 0 Å². The number of phenolic OH excluding ortho intramolecular Hbond substituents is 1. The van der Waals surface area contributed by atoms with Gasteiger partial charge in [0.25, 0.3) is 0 Å². The second kappa shape index (κ2) is 5.65. The fraction of sp³-hybridized carbons (Fsp3) is 0.294. The van der Waals surface area contributed by atoms with E-state index in [2.05, 4.69) is 17.0 Å². The van der Waals surface area contributed by atoms with E-state index in [0.717, 1.165) is 31.6 Å². The van der Waals surface area contributed by atoms with Crippen molar-refractivity contribution in [2.24, 2.45) is 0 Å². The Morgan fingerprint density at radius 2 is 1.77 bits per heavy atom. The van der Waals surface area contributed by atoms with Gasteiger partial charge in [-0.05, 0) is 29.7 Å². The molecule has 2 nitrogen and oxygen atoms in total. The summed E-state index contributed by atoms with van der Waals surface area (Å²) in [4.78, 5) is 2.13. The van der Waals surface area contributed by atoms with Crippen LogP contribution in [0.4, 0.5) is 13.2 Å². The summed E-state index contributed by atoms with van der Waals surface area (Å²) in [5.41, 5.74) is 2.25. The van der Waals surface area contributed by atoms with Crippen LogP contribution in [0.2, 0.25) is 0 Å². The van der Waals surface area contributed by atoms with Crippen molar-refractivity contribution in [2.75, 3.05) is 6.54 Å². The predicted octanol–water partition coefficient (Wildman–Crippen LogP) is 3.97. The van der Waals surface area contributed by atoms with E-state index in [4.69, 9.17) is 0 Å². The molecule has 2 aromatic carbocycles.